The minimum absolute atomic E-state index is 0.0819. The predicted octanol–water partition coefficient (Wildman–Crippen LogP) is 3.04. The standard InChI is InChI=1S/C13H21BrN4O/c1-3-6-15-12-16-8-10(14)11(18-12)17-9-13(2)5-4-7-19-13/h8H,3-7,9H2,1-2H3,(H2,15,16,17,18). The molecule has 0 aromatic carbocycles. The zero-order valence-electron chi connectivity index (χ0n) is 11.5. The van der Waals surface area contributed by atoms with Crippen LogP contribution in [-0.4, -0.2) is 35.3 Å². The Balaban J connectivity index is 1.98. The molecule has 0 saturated carbocycles. The average molecular weight is 329 g/mol. The summed E-state index contributed by atoms with van der Waals surface area (Å²) in [4.78, 5) is 8.70. The van der Waals surface area contributed by atoms with Gasteiger partial charge in [-0.05, 0) is 42.1 Å². The molecule has 0 spiro atoms. The molecular weight excluding hydrogens is 308 g/mol. The van der Waals surface area contributed by atoms with Crippen LogP contribution in [0.25, 0.3) is 0 Å². The molecule has 1 saturated heterocycles. The monoisotopic (exact) mass is 328 g/mol. The van der Waals surface area contributed by atoms with Crippen LogP contribution in [0.5, 0.6) is 0 Å². The molecule has 0 radical (unpaired) electrons. The maximum absolute atomic E-state index is 5.76. The van der Waals surface area contributed by atoms with Crippen molar-refractivity contribution >= 4 is 27.7 Å². The van der Waals surface area contributed by atoms with Gasteiger partial charge < -0.3 is 15.4 Å². The Morgan fingerprint density at radius 3 is 3.00 bits per heavy atom. The van der Waals surface area contributed by atoms with Crippen molar-refractivity contribution in [2.75, 3.05) is 30.3 Å². The molecule has 2 rings (SSSR count). The molecule has 2 heterocycles. The fraction of sp³-hybridized carbons (Fsp3) is 0.692. The molecule has 6 heteroatoms. The van der Waals surface area contributed by atoms with Crippen molar-refractivity contribution < 1.29 is 4.74 Å². The van der Waals surface area contributed by atoms with Crippen molar-refractivity contribution in [3.63, 3.8) is 0 Å². The number of rotatable bonds is 6. The van der Waals surface area contributed by atoms with Gasteiger partial charge in [0.2, 0.25) is 5.95 Å². The van der Waals surface area contributed by atoms with Gasteiger partial charge in [-0.3, -0.25) is 0 Å². The van der Waals surface area contributed by atoms with Crippen molar-refractivity contribution in [1.82, 2.24) is 9.97 Å². The molecule has 0 aliphatic carbocycles. The van der Waals surface area contributed by atoms with Crippen molar-refractivity contribution in [2.24, 2.45) is 0 Å². The van der Waals surface area contributed by atoms with Crippen molar-refractivity contribution in [3.8, 4) is 0 Å². The Morgan fingerprint density at radius 1 is 1.47 bits per heavy atom. The third-order valence-electron chi connectivity index (χ3n) is 3.21. The Labute approximate surface area is 122 Å². The van der Waals surface area contributed by atoms with E-state index in [1.165, 1.54) is 0 Å². The van der Waals surface area contributed by atoms with E-state index in [4.69, 9.17) is 4.74 Å². The first-order valence-electron chi connectivity index (χ1n) is 6.77. The Kier molecular flexibility index (Phi) is 4.99. The first-order chi connectivity index (χ1) is 9.13. The molecule has 1 atom stereocenters. The molecule has 1 aromatic heterocycles. The quantitative estimate of drug-likeness (QED) is 0.840. The number of nitrogens with zero attached hydrogens (tertiary/aromatic N) is 2. The Bertz CT molecular complexity index is 421. The molecule has 0 bridgehead atoms. The maximum atomic E-state index is 5.76. The zero-order chi connectivity index (χ0) is 13.7. The third kappa shape index (κ3) is 4.04. The van der Waals surface area contributed by atoms with Gasteiger partial charge in [0.05, 0.1) is 10.1 Å². The van der Waals surface area contributed by atoms with Crippen LogP contribution in [0.2, 0.25) is 0 Å². The summed E-state index contributed by atoms with van der Waals surface area (Å²) < 4.78 is 6.63. The van der Waals surface area contributed by atoms with E-state index in [0.29, 0.717) is 5.95 Å². The fourth-order valence-electron chi connectivity index (χ4n) is 2.06. The molecule has 1 unspecified atom stereocenters. The summed E-state index contributed by atoms with van der Waals surface area (Å²) in [6.07, 6.45) is 5.04. The number of aromatic nitrogens is 2. The number of nitrogens with one attached hydrogen (secondary N) is 2. The van der Waals surface area contributed by atoms with E-state index in [2.05, 4.69) is 50.4 Å². The topological polar surface area (TPSA) is 59.1 Å². The van der Waals surface area contributed by atoms with Crippen LogP contribution >= 0.6 is 15.9 Å². The summed E-state index contributed by atoms with van der Waals surface area (Å²) in [6, 6.07) is 0. The van der Waals surface area contributed by atoms with E-state index < -0.39 is 0 Å². The van der Waals surface area contributed by atoms with E-state index in [1.54, 1.807) is 6.20 Å². The Morgan fingerprint density at radius 2 is 2.32 bits per heavy atom. The molecular formula is C13H21BrN4O. The number of halogens is 1. The Hall–Kier alpha value is -0.880. The maximum Gasteiger partial charge on any atom is 0.224 e. The second-order valence-electron chi connectivity index (χ2n) is 5.07. The van der Waals surface area contributed by atoms with Crippen molar-refractivity contribution in [3.05, 3.63) is 10.7 Å². The second-order valence-corrected chi connectivity index (χ2v) is 5.93. The largest absolute Gasteiger partial charge is 0.373 e. The number of hydrogen-bond acceptors (Lipinski definition) is 5. The van der Waals surface area contributed by atoms with Crippen LogP contribution in [0.3, 0.4) is 0 Å². The van der Waals surface area contributed by atoms with Gasteiger partial charge in [-0.2, -0.15) is 4.98 Å². The van der Waals surface area contributed by atoms with Crippen LogP contribution in [0.4, 0.5) is 11.8 Å². The molecule has 1 aromatic rings. The summed E-state index contributed by atoms with van der Waals surface area (Å²) in [5.41, 5.74) is -0.0819. The van der Waals surface area contributed by atoms with Gasteiger partial charge in [-0.25, -0.2) is 4.98 Å². The summed E-state index contributed by atoms with van der Waals surface area (Å²) in [6.45, 7) is 6.74. The minimum Gasteiger partial charge on any atom is -0.373 e. The number of ether oxygens (including phenoxy) is 1. The summed E-state index contributed by atoms with van der Waals surface area (Å²) in [7, 11) is 0. The van der Waals surface area contributed by atoms with Crippen LogP contribution in [0, 0.1) is 0 Å². The normalized spacial score (nSPS) is 22.5. The van der Waals surface area contributed by atoms with E-state index >= 15 is 0 Å². The van der Waals surface area contributed by atoms with Crippen LogP contribution in [-0.2, 0) is 4.74 Å². The van der Waals surface area contributed by atoms with E-state index in [9.17, 15) is 0 Å². The highest BCUT2D eigenvalue weighted by Gasteiger charge is 2.29. The van der Waals surface area contributed by atoms with Crippen molar-refractivity contribution in [1.29, 1.82) is 0 Å². The summed E-state index contributed by atoms with van der Waals surface area (Å²) >= 11 is 3.47. The summed E-state index contributed by atoms with van der Waals surface area (Å²) in [5, 5.41) is 6.53. The molecule has 1 aliphatic rings. The lowest BCUT2D eigenvalue weighted by atomic mass is 10.0. The van der Waals surface area contributed by atoms with Crippen LogP contribution in [0.1, 0.15) is 33.1 Å². The van der Waals surface area contributed by atoms with Gasteiger partial charge in [-0.15, -0.1) is 0 Å². The van der Waals surface area contributed by atoms with Crippen LogP contribution < -0.4 is 10.6 Å². The molecule has 106 valence electrons. The lowest BCUT2D eigenvalue weighted by molar-refractivity contribution is 0.0314. The fourth-order valence-corrected chi connectivity index (χ4v) is 2.39. The number of hydrogen-bond donors (Lipinski definition) is 2. The molecule has 1 fully saturated rings. The average Bonchev–Trinajstić information content (AvgIpc) is 2.84. The van der Waals surface area contributed by atoms with E-state index in [1.807, 2.05) is 0 Å². The summed E-state index contributed by atoms with van der Waals surface area (Å²) in [5.74, 6) is 1.47. The first-order valence-corrected chi connectivity index (χ1v) is 7.56. The van der Waals surface area contributed by atoms with Gasteiger partial charge in [-0.1, -0.05) is 6.92 Å². The van der Waals surface area contributed by atoms with Gasteiger partial charge >= 0.3 is 0 Å². The smallest absolute Gasteiger partial charge is 0.224 e. The predicted molar refractivity (Wildman–Crippen MR) is 80.6 cm³/mol. The zero-order valence-corrected chi connectivity index (χ0v) is 13.1. The lowest BCUT2D eigenvalue weighted by Gasteiger charge is -2.24. The molecule has 5 nitrogen and oxygen atoms in total. The highest BCUT2D eigenvalue weighted by Crippen LogP contribution is 2.27. The molecule has 2 N–H and O–H groups in total. The highest BCUT2D eigenvalue weighted by molar-refractivity contribution is 9.10. The van der Waals surface area contributed by atoms with E-state index in [-0.39, 0.29) is 5.60 Å². The van der Waals surface area contributed by atoms with Crippen LogP contribution in [0.15, 0.2) is 10.7 Å². The number of anilines is 2. The van der Waals surface area contributed by atoms with E-state index in [0.717, 1.165) is 49.2 Å². The van der Waals surface area contributed by atoms with Gasteiger partial charge in [0.15, 0.2) is 0 Å². The van der Waals surface area contributed by atoms with Gasteiger partial charge in [0.25, 0.3) is 0 Å². The van der Waals surface area contributed by atoms with Gasteiger partial charge in [0.1, 0.15) is 5.82 Å². The third-order valence-corrected chi connectivity index (χ3v) is 3.79. The second kappa shape index (κ2) is 6.52. The molecule has 1 aliphatic heterocycles. The molecule has 0 amide bonds. The highest BCUT2D eigenvalue weighted by atomic mass is 79.9. The van der Waals surface area contributed by atoms with Crippen molar-refractivity contribution in [2.45, 2.75) is 38.7 Å². The first kappa shape index (κ1) is 14.5. The molecule has 19 heavy (non-hydrogen) atoms. The SMILES string of the molecule is CCCNc1ncc(Br)c(NCC2(C)CCCO2)n1. The lowest BCUT2D eigenvalue weighted by Crippen LogP contribution is -2.32. The minimum atomic E-state index is -0.0819. The van der Waals surface area contributed by atoms with Gasteiger partial charge in [0, 0.05) is 25.9 Å².